The summed E-state index contributed by atoms with van der Waals surface area (Å²) in [5, 5.41) is 20.3. The van der Waals surface area contributed by atoms with Crippen molar-refractivity contribution in [1.82, 2.24) is 24.5 Å². The molecular formula is C38H31N5O3. The Labute approximate surface area is 265 Å². The molecule has 2 saturated carbocycles. The van der Waals surface area contributed by atoms with E-state index in [4.69, 9.17) is 4.98 Å². The Morgan fingerprint density at radius 1 is 0.783 bits per heavy atom. The fraction of sp³-hybridized carbons (Fsp3) is 0.237. The van der Waals surface area contributed by atoms with Crippen LogP contribution in [0.25, 0.3) is 39.1 Å². The zero-order chi connectivity index (χ0) is 31.2. The molecule has 1 N–H and O–H groups in total. The van der Waals surface area contributed by atoms with Crippen molar-refractivity contribution in [3.8, 4) is 22.4 Å². The maximum absolute atomic E-state index is 13.8. The summed E-state index contributed by atoms with van der Waals surface area (Å²) in [6.45, 7) is 2.07. The first-order valence-corrected chi connectivity index (χ1v) is 15.9. The number of benzene rings is 3. The molecular weight excluding hydrogens is 574 g/mol. The van der Waals surface area contributed by atoms with Gasteiger partial charge in [-0.1, -0.05) is 73.7 Å². The summed E-state index contributed by atoms with van der Waals surface area (Å²) in [5.41, 5.74) is 6.21. The van der Waals surface area contributed by atoms with E-state index in [0.29, 0.717) is 24.0 Å². The molecule has 46 heavy (non-hydrogen) atoms. The molecule has 0 saturated heterocycles. The number of carbonyl (C=O) groups is 2. The normalized spacial score (nSPS) is 22.4. The van der Waals surface area contributed by atoms with E-state index in [1.54, 1.807) is 24.3 Å². The highest BCUT2D eigenvalue weighted by Gasteiger charge is 2.66. The summed E-state index contributed by atoms with van der Waals surface area (Å²) in [6, 6.07) is 31.4. The number of imide groups is 1. The number of aryl methyl sites for hydroxylation is 1. The third-order valence-corrected chi connectivity index (χ3v) is 10.3. The number of rotatable bonds is 6. The number of carbonyl (C=O) groups excluding carboxylic acids is 2. The maximum atomic E-state index is 13.8. The molecule has 0 spiro atoms. The van der Waals surface area contributed by atoms with Gasteiger partial charge in [-0.25, -0.2) is 4.98 Å². The van der Waals surface area contributed by atoms with Crippen molar-refractivity contribution in [2.75, 3.05) is 0 Å². The van der Waals surface area contributed by atoms with Crippen LogP contribution in [0, 0.1) is 5.92 Å². The van der Waals surface area contributed by atoms with Crippen molar-refractivity contribution >= 4 is 28.5 Å². The van der Waals surface area contributed by atoms with Gasteiger partial charge in [0, 0.05) is 30.4 Å². The van der Waals surface area contributed by atoms with Crippen LogP contribution in [0.2, 0.25) is 0 Å². The molecule has 3 aliphatic rings. The van der Waals surface area contributed by atoms with Gasteiger partial charge >= 0.3 is 0 Å². The van der Waals surface area contributed by atoms with Gasteiger partial charge in [-0.3, -0.25) is 18.9 Å². The number of hydrogen-bond acceptors (Lipinski definition) is 6. The van der Waals surface area contributed by atoms with E-state index >= 15 is 0 Å². The molecule has 1 aliphatic heterocycles. The number of amides is 2. The van der Waals surface area contributed by atoms with Gasteiger partial charge in [0.1, 0.15) is 5.82 Å². The number of pyridine rings is 2. The van der Waals surface area contributed by atoms with Crippen molar-refractivity contribution in [3.63, 3.8) is 0 Å². The zero-order valence-electron chi connectivity index (χ0n) is 25.4. The highest BCUT2D eigenvalue weighted by atomic mass is 16.3. The van der Waals surface area contributed by atoms with E-state index in [1.165, 1.54) is 4.90 Å². The standard InChI is InChI=1S/C38H31N5O3/c1-2-32-40-41-33-19-18-30-31(42(32)33)20-29(23-8-4-3-5-9-23)34(39-30)24-12-14-25(15-13-24)37(21-38(46,22-37)26-16-17-26)43-35(44)27-10-6-7-11-28(27)36(43)45/h3-15,18-20,26,46H,2,16-17,21-22H2,1H3. The molecule has 0 radical (unpaired) electrons. The van der Waals surface area contributed by atoms with Crippen LogP contribution in [0.4, 0.5) is 0 Å². The van der Waals surface area contributed by atoms with Crippen LogP contribution in [0.15, 0.2) is 97.1 Å². The monoisotopic (exact) mass is 605 g/mol. The number of aromatic nitrogens is 4. The van der Waals surface area contributed by atoms with E-state index in [-0.39, 0.29) is 17.7 Å². The summed E-state index contributed by atoms with van der Waals surface area (Å²) in [4.78, 5) is 34.1. The highest BCUT2D eigenvalue weighted by Crippen LogP contribution is 2.61. The number of nitrogens with zero attached hydrogens (tertiary/aromatic N) is 5. The quantitative estimate of drug-likeness (QED) is 0.215. The minimum atomic E-state index is -0.918. The van der Waals surface area contributed by atoms with Gasteiger partial charge in [0.2, 0.25) is 0 Å². The van der Waals surface area contributed by atoms with E-state index in [9.17, 15) is 14.7 Å². The van der Waals surface area contributed by atoms with Gasteiger partial charge in [-0.05, 0) is 60.2 Å². The average Bonchev–Trinajstić information content (AvgIpc) is 3.81. The predicted molar refractivity (Wildman–Crippen MR) is 174 cm³/mol. The Bertz CT molecular complexity index is 2180. The first-order valence-electron chi connectivity index (χ1n) is 15.9. The van der Waals surface area contributed by atoms with Gasteiger partial charge in [0.05, 0.1) is 39.0 Å². The topological polar surface area (TPSA) is 101 Å². The lowest BCUT2D eigenvalue weighted by atomic mass is 9.58. The molecule has 226 valence electrons. The van der Waals surface area contributed by atoms with Gasteiger partial charge in [0.25, 0.3) is 11.8 Å². The number of aliphatic hydroxyl groups is 1. The molecule has 8 nitrogen and oxygen atoms in total. The summed E-state index contributed by atoms with van der Waals surface area (Å²) in [5.74, 6) is 0.507. The Morgan fingerprint density at radius 2 is 1.46 bits per heavy atom. The van der Waals surface area contributed by atoms with Gasteiger partial charge < -0.3 is 5.11 Å². The van der Waals surface area contributed by atoms with Crippen molar-refractivity contribution in [1.29, 1.82) is 0 Å². The van der Waals surface area contributed by atoms with Gasteiger partial charge in [-0.2, -0.15) is 0 Å². The summed E-state index contributed by atoms with van der Waals surface area (Å²) in [6.07, 6.45) is 3.38. The Morgan fingerprint density at radius 3 is 2.11 bits per heavy atom. The van der Waals surface area contributed by atoms with Crippen LogP contribution in [0.5, 0.6) is 0 Å². The molecule has 2 amide bonds. The van der Waals surface area contributed by atoms with Crippen LogP contribution in [0.1, 0.15) is 64.7 Å². The van der Waals surface area contributed by atoms with Crippen molar-refractivity contribution in [3.05, 3.63) is 120 Å². The smallest absolute Gasteiger partial charge is 0.262 e. The molecule has 0 unspecified atom stereocenters. The summed E-state index contributed by atoms with van der Waals surface area (Å²) >= 11 is 0. The minimum Gasteiger partial charge on any atom is -0.389 e. The molecule has 4 heterocycles. The van der Waals surface area contributed by atoms with Crippen molar-refractivity contribution < 1.29 is 14.7 Å². The third-order valence-electron chi connectivity index (χ3n) is 10.3. The van der Waals surface area contributed by atoms with E-state index < -0.39 is 11.1 Å². The van der Waals surface area contributed by atoms with Crippen LogP contribution < -0.4 is 0 Å². The fourth-order valence-electron chi connectivity index (χ4n) is 7.84. The molecule has 3 aromatic carbocycles. The molecule has 8 heteroatoms. The lowest BCUT2D eigenvalue weighted by molar-refractivity contribution is -0.143. The van der Waals surface area contributed by atoms with Crippen LogP contribution in [-0.2, 0) is 12.0 Å². The average molecular weight is 606 g/mol. The van der Waals surface area contributed by atoms with E-state index in [2.05, 4.69) is 39.7 Å². The molecule has 2 fully saturated rings. The summed E-state index contributed by atoms with van der Waals surface area (Å²) in [7, 11) is 0. The number of fused-ring (bicyclic) bond motifs is 4. The molecule has 3 aromatic heterocycles. The highest BCUT2D eigenvalue weighted by molar-refractivity contribution is 6.22. The lowest BCUT2D eigenvalue weighted by Gasteiger charge is -2.57. The Balaban J connectivity index is 1.18. The van der Waals surface area contributed by atoms with Crippen LogP contribution >= 0.6 is 0 Å². The first-order chi connectivity index (χ1) is 22.4. The Kier molecular flexibility index (Phi) is 5.69. The van der Waals surface area contributed by atoms with Crippen molar-refractivity contribution in [2.24, 2.45) is 5.92 Å². The molecule has 0 bridgehead atoms. The van der Waals surface area contributed by atoms with Gasteiger partial charge in [0.15, 0.2) is 5.65 Å². The first kappa shape index (κ1) is 27.1. The largest absolute Gasteiger partial charge is 0.389 e. The fourth-order valence-corrected chi connectivity index (χ4v) is 7.84. The molecule has 2 aliphatic carbocycles. The summed E-state index contributed by atoms with van der Waals surface area (Å²) < 4.78 is 2.07. The molecule has 9 rings (SSSR count). The third kappa shape index (κ3) is 3.80. The second-order valence-corrected chi connectivity index (χ2v) is 13.0. The molecule has 0 atom stereocenters. The van der Waals surface area contributed by atoms with Crippen LogP contribution in [0.3, 0.4) is 0 Å². The number of hydrogen-bond donors (Lipinski definition) is 1. The second-order valence-electron chi connectivity index (χ2n) is 13.0. The van der Waals surface area contributed by atoms with Crippen molar-refractivity contribution in [2.45, 2.75) is 50.2 Å². The van der Waals surface area contributed by atoms with E-state index in [0.717, 1.165) is 69.7 Å². The zero-order valence-corrected chi connectivity index (χ0v) is 25.4. The molecule has 6 aromatic rings. The lowest BCUT2D eigenvalue weighted by Crippen LogP contribution is -2.65. The minimum absolute atomic E-state index is 0.218. The van der Waals surface area contributed by atoms with E-state index in [1.807, 2.05) is 54.6 Å². The maximum Gasteiger partial charge on any atom is 0.262 e. The SMILES string of the molecule is CCc1nnc2ccc3nc(-c4ccc(C5(N6C(=O)c7ccccc7C6=O)CC(O)(C6CC6)C5)cc4)c(-c4ccccc4)cc3n12. The van der Waals surface area contributed by atoms with Gasteiger partial charge in [-0.15, -0.1) is 10.2 Å². The van der Waals surface area contributed by atoms with Crippen LogP contribution in [-0.4, -0.2) is 47.0 Å². The Hall–Kier alpha value is -5.21. The second kappa shape index (κ2) is 9.64. The predicted octanol–water partition coefficient (Wildman–Crippen LogP) is 6.60.